The van der Waals surface area contributed by atoms with Gasteiger partial charge in [0.1, 0.15) is 16.7 Å². The minimum Gasteiger partial charge on any atom is -0.493 e. The first-order valence-corrected chi connectivity index (χ1v) is 7.97. The zero-order valence-corrected chi connectivity index (χ0v) is 12.6. The molecular weight excluding hydrogens is 284 g/mol. The second-order valence-electron chi connectivity index (χ2n) is 5.73. The summed E-state index contributed by atoms with van der Waals surface area (Å²) in [6.07, 6.45) is 5.33. The Morgan fingerprint density at radius 2 is 1.95 bits per heavy atom. The average Bonchev–Trinajstić information content (AvgIpc) is 2.54. The Balaban J connectivity index is 1.79. The lowest BCUT2D eigenvalue weighted by atomic mass is 9.91. The van der Waals surface area contributed by atoms with Crippen LogP contribution in [0, 0.1) is 0 Å². The van der Waals surface area contributed by atoms with Gasteiger partial charge >= 0.3 is 0 Å². The van der Waals surface area contributed by atoms with Crippen LogP contribution in [0.2, 0.25) is 5.15 Å². The van der Waals surface area contributed by atoms with Gasteiger partial charge in [0.2, 0.25) is 0 Å². The second kappa shape index (κ2) is 5.30. The Bertz CT molecular complexity index is 686. The van der Waals surface area contributed by atoms with Gasteiger partial charge in [0.15, 0.2) is 0 Å². The van der Waals surface area contributed by atoms with Crippen LogP contribution >= 0.6 is 11.6 Å². The number of fused-ring (bicyclic) bond motifs is 2. The Morgan fingerprint density at radius 3 is 2.90 bits per heavy atom. The lowest BCUT2D eigenvalue weighted by Gasteiger charge is -2.26. The Morgan fingerprint density at radius 1 is 1.10 bits per heavy atom. The molecule has 1 aliphatic heterocycles. The summed E-state index contributed by atoms with van der Waals surface area (Å²) >= 11 is 6.41. The van der Waals surface area contributed by atoms with Gasteiger partial charge in [-0.15, -0.1) is 0 Å². The second-order valence-corrected chi connectivity index (χ2v) is 6.09. The number of hydrogen-bond acceptors (Lipinski definition) is 3. The highest BCUT2D eigenvalue weighted by molar-refractivity contribution is 6.30. The van der Waals surface area contributed by atoms with Crippen LogP contribution in [0.1, 0.15) is 47.8 Å². The predicted octanol–water partition coefficient (Wildman–Crippen LogP) is 3.92. The smallest absolute Gasteiger partial charge is 0.138 e. The molecule has 0 amide bonds. The van der Waals surface area contributed by atoms with Crippen LogP contribution in [0.5, 0.6) is 5.75 Å². The highest BCUT2D eigenvalue weighted by Crippen LogP contribution is 2.37. The summed E-state index contributed by atoms with van der Waals surface area (Å²) in [6.45, 7) is 0.708. The molecule has 4 heteroatoms. The number of rotatable bonds is 1. The summed E-state index contributed by atoms with van der Waals surface area (Å²) in [5.41, 5.74) is 3.49. The van der Waals surface area contributed by atoms with Crippen LogP contribution in [0.4, 0.5) is 0 Å². The number of para-hydroxylation sites is 1. The quantitative estimate of drug-likeness (QED) is 0.749. The molecule has 2 heterocycles. The SMILES string of the molecule is Clc1nc(C2CCOc3ccccc32)nc2c1CCCC2. The molecule has 0 saturated carbocycles. The van der Waals surface area contributed by atoms with Crippen molar-refractivity contribution in [1.82, 2.24) is 9.97 Å². The Hall–Kier alpha value is -1.61. The Labute approximate surface area is 129 Å². The summed E-state index contributed by atoms with van der Waals surface area (Å²) in [4.78, 5) is 9.45. The van der Waals surface area contributed by atoms with E-state index >= 15 is 0 Å². The molecule has 1 atom stereocenters. The van der Waals surface area contributed by atoms with Crippen molar-refractivity contribution in [1.29, 1.82) is 0 Å². The summed E-state index contributed by atoms with van der Waals surface area (Å²) in [5.74, 6) is 2.00. The van der Waals surface area contributed by atoms with Gasteiger partial charge < -0.3 is 4.74 Å². The molecule has 1 aromatic carbocycles. The molecule has 0 N–H and O–H groups in total. The number of hydrogen-bond donors (Lipinski definition) is 0. The van der Waals surface area contributed by atoms with Crippen molar-refractivity contribution in [3.8, 4) is 5.75 Å². The van der Waals surface area contributed by atoms with Crippen molar-refractivity contribution < 1.29 is 4.74 Å². The molecule has 1 aromatic heterocycles. The van der Waals surface area contributed by atoms with E-state index in [1.807, 2.05) is 18.2 Å². The number of benzene rings is 1. The highest BCUT2D eigenvalue weighted by atomic mass is 35.5. The molecule has 21 heavy (non-hydrogen) atoms. The van der Waals surface area contributed by atoms with E-state index in [2.05, 4.69) is 11.1 Å². The van der Waals surface area contributed by atoms with Crippen LogP contribution < -0.4 is 4.74 Å². The largest absolute Gasteiger partial charge is 0.493 e. The van der Waals surface area contributed by atoms with Gasteiger partial charge in [0.25, 0.3) is 0 Å². The summed E-state index contributed by atoms with van der Waals surface area (Å²) in [5, 5.41) is 0.652. The van der Waals surface area contributed by atoms with E-state index in [0.717, 1.165) is 42.1 Å². The fourth-order valence-corrected chi connectivity index (χ4v) is 3.62. The van der Waals surface area contributed by atoms with E-state index in [-0.39, 0.29) is 5.92 Å². The first-order valence-electron chi connectivity index (χ1n) is 7.60. The normalized spacial score (nSPS) is 20.3. The number of halogens is 1. The predicted molar refractivity (Wildman–Crippen MR) is 82.1 cm³/mol. The molecule has 2 aliphatic rings. The maximum Gasteiger partial charge on any atom is 0.138 e. The number of ether oxygens (including phenoxy) is 1. The van der Waals surface area contributed by atoms with Crippen LogP contribution in [-0.2, 0) is 12.8 Å². The van der Waals surface area contributed by atoms with Crippen molar-refractivity contribution in [2.75, 3.05) is 6.61 Å². The molecule has 0 radical (unpaired) electrons. The van der Waals surface area contributed by atoms with Crippen molar-refractivity contribution in [2.45, 2.75) is 38.0 Å². The number of aromatic nitrogens is 2. The topological polar surface area (TPSA) is 35.0 Å². The first kappa shape index (κ1) is 13.1. The Kier molecular flexibility index (Phi) is 3.30. The summed E-state index contributed by atoms with van der Waals surface area (Å²) in [7, 11) is 0. The minimum absolute atomic E-state index is 0.194. The maximum atomic E-state index is 6.41. The highest BCUT2D eigenvalue weighted by Gasteiger charge is 2.27. The van der Waals surface area contributed by atoms with Crippen molar-refractivity contribution >= 4 is 11.6 Å². The first-order chi connectivity index (χ1) is 10.3. The fourth-order valence-electron chi connectivity index (χ4n) is 3.33. The van der Waals surface area contributed by atoms with Crippen molar-refractivity contribution in [3.05, 3.63) is 52.1 Å². The van der Waals surface area contributed by atoms with E-state index in [1.165, 1.54) is 18.4 Å². The van der Waals surface area contributed by atoms with E-state index in [9.17, 15) is 0 Å². The zero-order valence-electron chi connectivity index (χ0n) is 11.8. The maximum absolute atomic E-state index is 6.41. The lowest BCUT2D eigenvalue weighted by molar-refractivity contribution is 0.274. The zero-order chi connectivity index (χ0) is 14.2. The van der Waals surface area contributed by atoms with Gasteiger partial charge in [-0.3, -0.25) is 0 Å². The van der Waals surface area contributed by atoms with Gasteiger partial charge in [-0.05, 0) is 38.2 Å². The fraction of sp³-hybridized carbons (Fsp3) is 0.412. The number of nitrogens with zero attached hydrogens (tertiary/aromatic N) is 2. The van der Waals surface area contributed by atoms with Crippen LogP contribution in [0.15, 0.2) is 24.3 Å². The van der Waals surface area contributed by atoms with Gasteiger partial charge in [-0.25, -0.2) is 9.97 Å². The summed E-state index contributed by atoms with van der Waals surface area (Å²) < 4.78 is 5.73. The van der Waals surface area contributed by atoms with E-state index in [4.69, 9.17) is 21.3 Å². The minimum atomic E-state index is 0.194. The molecule has 4 rings (SSSR count). The molecule has 0 bridgehead atoms. The van der Waals surface area contributed by atoms with Crippen LogP contribution in [-0.4, -0.2) is 16.6 Å². The molecule has 1 aliphatic carbocycles. The number of aryl methyl sites for hydroxylation is 1. The molecular formula is C17H17ClN2O. The molecule has 2 aromatic rings. The molecule has 1 unspecified atom stereocenters. The molecule has 0 spiro atoms. The monoisotopic (exact) mass is 300 g/mol. The standard InChI is InChI=1S/C17H17ClN2O/c18-16-13-6-1-3-7-14(13)19-17(20-16)12-9-10-21-15-8-4-2-5-11(12)15/h2,4-5,8,12H,1,3,6-7,9-10H2. The molecule has 0 fully saturated rings. The van der Waals surface area contributed by atoms with Gasteiger partial charge in [-0.1, -0.05) is 29.8 Å². The van der Waals surface area contributed by atoms with Crippen LogP contribution in [0.3, 0.4) is 0 Å². The summed E-state index contributed by atoms with van der Waals surface area (Å²) in [6, 6.07) is 8.17. The molecule has 0 saturated heterocycles. The molecule has 108 valence electrons. The lowest BCUT2D eigenvalue weighted by Crippen LogP contribution is -2.19. The van der Waals surface area contributed by atoms with Crippen LogP contribution in [0.25, 0.3) is 0 Å². The van der Waals surface area contributed by atoms with Crippen molar-refractivity contribution in [3.63, 3.8) is 0 Å². The molecule has 3 nitrogen and oxygen atoms in total. The third kappa shape index (κ3) is 2.30. The third-order valence-corrected chi connectivity index (χ3v) is 4.73. The third-order valence-electron chi connectivity index (χ3n) is 4.42. The van der Waals surface area contributed by atoms with Gasteiger partial charge in [-0.2, -0.15) is 0 Å². The van der Waals surface area contributed by atoms with E-state index in [1.54, 1.807) is 0 Å². The van der Waals surface area contributed by atoms with E-state index < -0.39 is 0 Å². The van der Waals surface area contributed by atoms with Gasteiger partial charge in [0, 0.05) is 16.8 Å². The van der Waals surface area contributed by atoms with Crippen molar-refractivity contribution in [2.24, 2.45) is 0 Å². The van der Waals surface area contributed by atoms with E-state index in [0.29, 0.717) is 11.8 Å². The average molecular weight is 301 g/mol. The van der Waals surface area contributed by atoms with Gasteiger partial charge in [0.05, 0.1) is 12.5 Å².